The maximum atomic E-state index is 6.51. The first-order chi connectivity index (χ1) is 16.1. The van der Waals surface area contributed by atoms with Crippen LogP contribution in [0.1, 0.15) is 35.0 Å². The van der Waals surface area contributed by atoms with E-state index in [1.54, 1.807) is 18.1 Å². The molecule has 2 aromatic carbocycles. The Bertz CT molecular complexity index is 1320. The highest BCUT2D eigenvalue weighted by Gasteiger charge is 2.30. The quantitative estimate of drug-likeness (QED) is 0.422. The minimum atomic E-state index is 0.136. The zero-order valence-corrected chi connectivity index (χ0v) is 19.4. The Morgan fingerprint density at radius 3 is 2.73 bits per heavy atom. The number of aryl methyl sites for hydroxylation is 1. The van der Waals surface area contributed by atoms with Crippen molar-refractivity contribution in [2.24, 2.45) is 0 Å². The van der Waals surface area contributed by atoms with Gasteiger partial charge in [0.2, 0.25) is 5.95 Å². The van der Waals surface area contributed by atoms with Gasteiger partial charge in [-0.1, -0.05) is 29.8 Å². The van der Waals surface area contributed by atoms with Crippen LogP contribution < -0.4 is 15.4 Å². The highest BCUT2D eigenvalue weighted by molar-refractivity contribution is 6.31. The lowest BCUT2D eigenvalue weighted by Gasteiger charge is -2.16. The highest BCUT2D eigenvalue weighted by atomic mass is 35.5. The first kappa shape index (κ1) is 21.2. The minimum Gasteiger partial charge on any atom is -0.494 e. The molecule has 0 saturated heterocycles. The molecule has 0 aliphatic heterocycles. The van der Waals surface area contributed by atoms with Crippen molar-refractivity contribution in [1.29, 1.82) is 0 Å². The lowest BCUT2D eigenvalue weighted by Crippen LogP contribution is -2.08. The van der Waals surface area contributed by atoms with E-state index in [0.717, 1.165) is 51.9 Å². The number of hydrogen-bond acceptors (Lipinski definition) is 7. The maximum Gasteiger partial charge on any atom is 0.229 e. The molecule has 9 heteroatoms. The van der Waals surface area contributed by atoms with Crippen molar-refractivity contribution in [2.75, 3.05) is 24.8 Å². The van der Waals surface area contributed by atoms with Crippen LogP contribution in [0.5, 0.6) is 5.75 Å². The van der Waals surface area contributed by atoms with Crippen LogP contribution in [0.25, 0.3) is 5.69 Å². The molecule has 0 spiro atoms. The summed E-state index contributed by atoms with van der Waals surface area (Å²) >= 11 is 6.51. The number of rotatable bonds is 6. The van der Waals surface area contributed by atoms with Gasteiger partial charge in [-0.3, -0.25) is 0 Å². The number of anilines is 3. The van der Waals surface area contributed by atoms with Gasteiger partial charge < -0.3 is 15.4 Å². The van der Waals surface area contributed by atoms with Crippen LogP contribution in [-0.2, 0) is 6.42 Å². The monoisotopic (exact) mass is 461 g/mol. The van der Waals surface area contributed by atoms with Crippen molar-refractivity contribution in [3.63, 3.8) is 0 Å². The van der Waals surface area contributed by atoms with Crippen molar-refractivity contribution in [3.8, 4) is 11.4 Å². The fourth-order valence-electron chi connectivity index (χ4n) is 4.32. The van der Waals surface area contributed by atoms with Crippen molar-refractivity contribution >= 4 is 29.1 Å². The Labute approximate surface area is 197 Å². The molecule has 2 heterocycles. The maximum absolute atomic E-state index is 6.51. The molecule has 5 rings (SSSR count). The van der Waals surface area contributed by atoms with E-state index in [2.05, 4.69) is 26.8 Å². The number of hydrogen-bond donors (Lipinski definition) is 2. The molecule has 33 heavy (non-hydrogen) atoms. The van der Waals surface area contributed by atoms with Crippen LogP contribution >= 0.6 is 11.6 Å². The summed E-state index contributed by atoms with van der Waals surface area (Å²) in [5.41, 5.74) is 4.85. The van der Waals surface area contributed by atoms with E-state index < -0.39 is 0 Å². The van der Waals surface area contributed by atoms with Gasteiger partial charge in [-0.15, -0.1) is 0 Å². The summed E-state index contributed by atoms with van der Waals surface area (Å²) in [6.45, 7) is 1.85. The SMILES string of the molecule is CNc1nc(Nc2ccc(-n3cnc(C)n3)c(OC)c2)nc2c1CC[C@H]2c1ccccc1Cl. The van der Waals surface area contributed by atoms with Crippen LogP contribution in [0, 0.1) is 6.92 Å². The largest absolute Gasteiger partial charge is 0.494 e. The number of methoxy groups -OCH3 is 1. The Hall–Kier alpha value is -3.65. The van der Waals surface area contributed by atoms with Gasteiger partial charge in [-0.05, 0) is 43.5 Å². The van der Waals surface area contributed by atoms with E-state index in [1.165, 1.54) is 0 Å². The molecule has 4 aromatic rings. The van der Waals surface area contributed by atoms with E-state index in [0.29, 0.717) is 17.5 Å². The molecule has 1 atom stereocenters. The summed E-state index contributed by atoms with van der Waals surface area (Å²) in [5, 5.41) is 11.7. The summed E-state index contributed by atoms with van der Waals surface area (Å²) in [6, 6.07) is 13.7. The van der Waals surface area contributed by atoms with Crippen molar-refractivity contribution in [3.05, 3.63) is 76.5 Å². The molecule has 0 fully saturated rings. The Morgan fingerprint density at radius 1 is 1.15 bits per heavy atom. The number of aromatic nitrogens is 5. The fraction of sp³-hybridized carbons (Fsp3) is 0.250. The molecule has 1 aliphatic rings. The summed E-state index contributed by atoms with van der Waals surface area (Å²) < 4.78 is 7.29. The Kier molecular flexibility index (Phi) is 5.60. The van der Waals surface area contributed by atoms with E-state index >= 15 is 0 Å². The van der Waals surface area contributed by atoms with Crippen LogP contribution in [0.4, 0.5) is 17.5 Å². The van der Waals surface area contributed by atoms with E-state index in [9.17, 15) is 0 Å². The standard InChI is InChI=1S/C24H24ClN7O/c1-14-27-13-32(31-14)20-11-8-15(12-21(20)33-3)28-24-29-22-17(16-6-4-5-7-19(16)25)9-10-18(22)23(26-2)30-24/h4-8,11-13,17H,9-10H2,1-3H3,(H2,26,28,29,30)/t17-/m0/s1. The molecular weight excluding hydrogens is 438 g/mol. The second-order valence-electron chi connectivity index (χ2n) is 7.87. The summed E-state index contributed by atoms with van der Waals surface area (Å²) in [7, 11) is 3.51. The van der Waals surface area contributed by atoms with E-state index in [1.807, 2.05) is 50.4 Å². The number of ether oxygens (including phenoxy) is 1. The average Bonchev–Trinajstić information content (AvgIpc) is 3.45. The zero-order valence-electron chi connectivity index (χ0n) is 18.6. The third-order valence-electron chi connectivity index (χ3n) is 5.86. The molecule has 1 aliphatic carbocycles. The summed E-state index contributed by atoms with van der Waals surface area (Å²) in [4.78, 5) is 13.8. The number of halogens is 1. The number of nitrogens with one attached hydrogen (secondary N) is 2. The third-order valence-corrected chi connectivity index (χ3v) is 6.20. The summed E-state index contributed by atoms with van der Waals surface area (Å²) in [5.74, 6) is 2.84. The predicted molar refractivity (Wildman–Crippen MR) is 129 cm³/mol. The first-order valence-electron chi connectivity index (χ1n) is 10.7. The molecule has 0 unspecified atom stereocenters. The van der Waals surface area contributed by atoms with Gasteiger partial charge >= 0.3 is 0 Å². The second-order valence-corrected chi connectivity index (χ2v) is 8.28. The topological polar surface area (TPSA) is 89.8 Å². The van der Waals surface area contributed by atoms with Crippen LogP contribution in [-0.4, -0.2) is 38.9 Å². The number of benzene rings is 2. The van der Waals surface area contributed by atoms with Gasteiger partial charge in [0.05, 0.1) is 12.8 Å². The van der Waals surface area contributed by atoms with Crippen LogP contribution in [0.2, 0.25) is 5.02 Å². The fourth-order valence-corrected chi connectivity index (χ4v) is 4.59. The smallest absolute Gasteiger partial charge is 0.229 e. The lowest BCUT2D eigenvalue weighted by atomic mass is 9.96. The molecule has 0 saturated carbocycles. The van der Waals surface area contributed by atoms with Gasteiger partial charge in [0.25, 0.3) is 0 Å². The van der Waals surface area contributed by atoms with Crippen molar-refractivity contribution < 1.29 is 4.74 Å². The molecule has 2 N–H and O–H groups in total. The molecule has 0 bridgehead atoms. The Morgan fingerprint density at radius 2 is 2.00 bits per heavy atom. The first-order valence-corrected chi connectivity index (χ1v) is 11.1. The predicted octanol–water partition coefficient (Wildman–Crippen LogP) is 4.89. The van der Waals surface area contributed by atoms with Crippen molar-refractivity contribution in [2.45, 2.75) is 25.7 Å². The third kappa shape index (κ3) is 3.98. The van der Waals surface area contributed by atoms with Gasteiger partial charge in [0.1, 0.15) is 29.4 Å². The highest BCUT2D eigenvalue weighted by Crippen LogP contribution is 2.42. The number of fused-ring (bicyclic) bond motifs is 1. The van der Waals surface area contributed by atoms with Gasteiger partial charge in [-0.2, -0.15) is 10.1 Å². The molecule has 0 amide bonds. The molecular formula is C24H24ClN7O. The molecule has 2 aromatic heterocycles. The van der Waals surface area contributed by atoms with E-state index in [4.69, 9.17) is 26.3 Å². The van der Waals surface area contributed by atoms with Crippen LogP contribution in [0.15, 0.2) is 48.8 Å². The Balaban J connectivity index is 1.50. The second kappa shape index (κ2) is 8.71. The minimum absolute atomic E-state index is 0.136. The zero-order chi connectivity index (χ0) is 22.9. The van der Waals surface area contributed by atoms with Crippen molar-refractivity contribution in [1.82, 2.24) is 24.7 Å². The van der Waals surface area contributed by atoms with Gasteiger partial charge in [-0.25, -0.2) is 14.6 Å². The lowest BCUT2D eigenvalue weighted by molar-refractivity contribution is 0.412. The summed E-state index contributed by atoms with van der Waals surface area (Å²) in [6.07, 6.45) is 3.52. The van der Waals surface area contributed by atoms with E-state index in [-0.39, 0.29) is 5.92 Å². The molecule has 8 nitrogen and oxygen atoms in total. The van der Waals surface area contributed by atoms with Gasteiger partial charge in [0, 0.05) is 35.3 Å². The van der Waals surface area contributed by atoms with Gasteiger partial charge in [0.15, 0.2) is 0 Å². The van der Waals surface area contributed by atoms with Crippen LogP contribution in [0.3, 0.4) is 0 Å². The number of nitrogens with zero attached hydrogens (tertiary/aromatic N) is 5. The molecule has 168 valence electrons. The normalized spacial score (nSPS) is 14.7. The average molecular weight is 462 g/mol. The molecule has 0 radical (unpaired) electrons.